The second kappa shape index (κ2) is 10.2. The molecule has 0 N–H and O–H groups in total. The second-order valence-corrected chi connectivity index (χ2v) is 13.8. The van der Waals surface area contributed by atoms with Crippen LogP contribution in [-0.4, -0.2) is 65.2 Å². The van der Waals surface area contributed by atoms with Crippen LogP contribution in [0, 0.1) is 5.92 Å². The molecule has 1 fully saturated rings. The van der Waals surface area contributed by atoms with Crippen LogP contribution >= 0.6 is 0 Å². The van der Waals surface area contributed by atoms with Crippen molar-refractivity contribution in [1.29, 1.82) is 0 Å². The van der Waals surface area contributed by atoms with Crippen LogP contribution in [0.25, 0.3) is 0 Å². The van der Waals surface area contributed by atoms with Gasteiger partial charge in [-0.25, -0.2) is 16.8 Å². The molecule has 1 aliphatic heterocycles. The Balaban J connectivity index is 1.80. The summed E-state index contributed by atoms with van der Waals surface area (Å²) in [6, 6.07) is 8.42. The summed E-state index contributed by atoms with van der Waals surface area (Å²) in [5.41, 5.74) is -0.00453. The number of halogens is 3. The van der Waals surface area contributed by atoms with Crippen molar-refractivity contribution in [3.8, 4) is 11.5 Å². The average molecular weight is 564 g/mol. The van der Waals surface area contributed by atoms with Crippen molar-refractivity contribution in [1.82, 2.24) is 4.90 Å². The molecular formula is C24H28F3NO7S2. The van der Waals surface area contributed by atoms with Gasteiger partial charge in [0.1, 0.15) is 11.5 Å². The van der Waals surface area contributed by atoms with Crippen molar-refractivity contribution in [2.75, 3.05) is 26.5 Å². The van der Waals surface area contributed by atoms with Gasteiger partial charge in [-0.05, 0) is 69.0 Å². The molecule has 1 saturated heterocycles. The number of likely N-dealkylation sites (tertiary alicyclic amines) is 1. The predicted octanol–water partition coefficient (Wildman–Crippen LogP) is 4.10. The number of alkyl halides is 3. The van der Waals surface area contributed by atoms with E-state index in [1.807, 2.05) is 0 Å². The molecule has 3 rings (SSSR count). The molecule has 1 aliphatic rings. The Hall–Kier alpha value is -2.80. The molecule has 0 unspecified atom stereocenters. The maximum Gasteiger partial charge on any atom is 0.573 e. The van der Waals surface area contributed by atoms with E-state index in [1.165, 1.54) is 56.2 Å². The largest absolute Gasteiger partial charge is 0.573 e. The Labute approximate surface area is 214 Å². The van der Waals surface area contributed by atoms with Crippen molar-refractivity contribution >= 4 is 25.6 Å². The fourth-order valence-electron chi connectivity index (χ4n) is 4.42. The number of ether oxygens (including phenoxy) is 2. The summed E-state index contributed by atoms with van der Waals surface area (Å²) in [6.45, 7) is 3.36. The summed E-state index contributed by atoms with van der Waals surface area (Å²) in [6.07, 6.45) is -3.38. The molecule has 2 aromatic carbocycles. The van der Waals surface area contributed by atoms with Gasteiger partial charge in [-0.3, -0.25) is 4.79 Å². The first kappa shape index (κ1) is 28.8. The van der Waals surface area contributed by atoms with E-state index in [-0.39, 0.29) is 34.2 Å². The van der Waals surface area contributed by atoms with Gasteiger partial charge < -0.3 is 14.4 Å². The minimum absolute atomic E-state index is 0.00453. The van der Waals surface area contributed by atoms with E-state index in [4.69, 9.17) is 4.74 Å². The monoisotopic (exact) mass is 563 g/mol. The molecule has 0 saturated carbocycles. The lowest BCUT2D eigenvalue weighted by Gasteiger charge is -2.40. The molecule has 0 atom stereocenters. The van der Waals surface area contributed by atoms with Crippen molar-refractivity contribution < 1.29 is 44.3 Å². The van der Waals surface area contributed by atoms with E-state index in [2.05, 4.69) is 4.74 Å². The zero-order valence-corrected chi connectivity index (χ0v) is 22.3. The zero-order valence-electron chi connectivity index (χ0n) is 20.7. The maximum atomic E-state index is 13.4. The lowest BCUT2D eigenvalue weighted by Crippen LogP contribution is -2.47. The molecule has 204 valence electrons. The van der Waals surface area contributed by atoms with Gasteiger partial charge in [-0.1, -0.05) is 6.07 Å². The number of hydrogen-bond acceptors (Lipinski definition) is 7. The number of carbonyl (C=O) groups excluding carboxylic acids is 1. The van der Waals surface area contributed by atoms with E-state index in [0.29, 0.717) is 12.8 Å². The third-order valence-corrected chi connectivity index (χ3v) is 10.4. The number of piperidine rings is 1. The van der Waals surface area contributed by atoms with Crippen LogP contribution in [0.1, 0.15) is 37.0 Å². The SMILES string of the molecule is COc1ccc(C(=O)N2CCC(C(C)(C)S(=O)(=O)c3cccc(OC(F)(F)F)c3)CC2)c(S(C)(=O)=O)c1. The highest BCUT2D eigenvalue weighted by Crippen LogP contribution is 2.39. The fourth-order valence-corrected chi connectivity index (χ4v) is 7.12. The van der Waals surface area contributed by atoms with Crippen LogP contribution in [0.4, 0.5) is 13.2 Å². The maximum absolute atomic E-state index is 13.4. The minimum atomic E-state index is -4.96. The number of benzene rings is 2. The van der Waals surface area contributed by atoms with E-state index < -0.39 is 48.4 Å². The van der Waals surface area contributed by atoms with E-state index in [1.54, 1.807) is 0 Å². The van der Waals surface area contributed by atoms with E-state index in [9.17, 15) is 34.8 Å². The van der Waals surface area contributed by atoms with Crippen molar-refractivity contribution in [2.45, 2.75) is 47.6 Å². The number of methoxy groups -OCH3 is 1. The lowest BCUT2D eigenvalue weighted by molar-refractivity contribution is -0.274. The normalized spacial score (nSPS) is 15.9. The van der Waals surface area contributed by atoms with Crippen LogP contribution in [0.5, 0.6) is 11.5 Å². The van der Waals surface area contributed by atoms with Gasteiger partial charge in [-0.15, -0.1) is 13.2 Å². The number of rotatable bonds is 7. The van der Waals surface area contributed by atoms with Crippen LogP contribution in [-0.2, 0) is 19.7 Å². The number of amides is 1. The predicted molar refractivity (Wildman–Crippen MR) is 129 cm³/mol. The highest BCUT2D eigenvalue weighted by atomic mass is 32.2. The summed E-state index contributed by atoms with van der Waals surface area (Å²) in [5, 5.41) is 0. The Morgan fingerprint density at radius 3 is 2.14 bits per heavy atom. The Morgan fingerprint density at radius 1 is 0.973 bits per heavy atom. The van der Waals surface area contributed by atoms with Gasteiger partial charge >= 0.3 is 6.36 Å². The van der Waals surface area contributed by atoms with Gasteiger partial charge in [0, 0.05) is 19.3 Å². The number of nitrogens with zero attached hydrogens (tertiary/aromatic N) is 1. The topological polar surface area (TPSA) is 107 Å². The molecule has 0 radical (unpaired) electrons. The first-order valence-electron chi connectivity index (χ1n) is 11.2. The van der Waals surface area contributed by atoms with Crippen molar-refractivity contribution in [3.05, 3.63) is 48.0 Å². The van der Waals surface area contributed by atoms with Crippen LogP contribution in [0.3, 0.4) is 0 Å². The first-order valence-corrected chi connectivity index (χ1v) is 14.6. The molecular weight excluding hydrogens is 535 g/mol. The highest BCUT2D eigenvalue weighted by molar-refractivity contribution is 7.92. The molecule has 1 amide bonds. The Morgan fingerprint density at radius 2 is 1.59 bits per heavy atom. The summed E-state index contributed by atoms with van der Waals surface area (Å²) in [5.74, 6) is -1.27. The number of sulfone groups is 2. The quantitative estimate of drug-likeness (QED) is 0.499. The summed E-state index contributed by atoms with van der Waals surface area (Å²) in [7, 11) is -6.44. The molecule has 37 heavy (non-hydrogen) atoms. The molecule has 1 heterocycles. The molecule has 8 nitrogen and oxygen atoms in total. The molecule has 13 heteroatoms. The second-order valence-electron chi connectivity index (χ2n) is 9.33. The summed E-state index contributed by atoms with van der Waals surface area (Å²) in [4.78, 5) is 14.2. The van der Waals surface area contributed by atoms with Crippen molar-refractivity contribution in [2.24, 2.45) is 5.92 Å². The van der Waals surface area contributed by atoms with Gasteiger partial charge in [0.25, 0.3) is 5.91 Å². The average Bonchev–Trinajstić information content (AvgIpc) is 2.81. The minimum Gasteiger partial charge on any atom is -0.497 e. The lowest BCUT2D eigenvalue weighted by atomic mass is 9.85. The Bertz CT molecular complexity index is 1380. The number of hydrogen-bond donors (Lipinski definition) is 0. The van der Waals surface area contributed by atoms with E-state index >= 15 is 0 Å². The summed E-state index contributed by atoms with van der Waals surface area (Å²) < 4.78 is 96.8. The highest BCUT2D eigenvalue weighted by Gasteiger charge is 2.44. The molecule has 0 spiro atoms. The molecule has 2 aromatic rings. The Kier molecular flexibility index (Phi) is 7.90. The van der Waals surface area contributed by atoms with Gasteiger partial charge in [0.2, 0.25) is 0 Å². The molecule has 0 aliphatic carbocycles. The third-order valence-electron chi connectivity index (χ3n) is 6.63. The zero-order chi connectivity index (χ0) is 27.8. The standard InChI is InChI=1S/C24H28F3NO7S2/c1-23(2,37(32,33)19-7-5-6-18(14-19)35-24(25,26)27)16-10-12-28(13-11-16)22(29)20-9-8-17(34-3)15-21(20)36(4,30)31/h5-9,14-16H,10-13H2,1-4H3. The van der Waals surface area contributed by atoms with E-state index in [0.717, 1.165) is 18.4 Å². The smallest absolute Gasteiger partial charge is 0.497 e. The van der Waals surface area contributed by atoms with Gasteiger partial charge in [0.05, 0.1) is 27.2 Å². The first-order chi connectivity index (χ1) is 17.0. The van der Waals surface area contributed by atoms with Crippen LogP contribution in [0.15, 0.2) is 52.3 Å². The van der Waals surface area contributed by atoms with Crippen molar-refractivity contribution in [3.63, 3.8) is 0 Å². The van der Waals surface area contributed by atoms with Gasteiger partial charge in [-0.2, -0.15) is 0 Å². The van der Waals surface area contributed by atoms with Crippen LogP contribution in [0.2, 0.25) is 0 Å². The van der Waals surface area contributed by atoms with Gasteiger partial charge in [0.15, 0.2) is 19.7 Å². The third kappa shape index (κ3) is 6.20. The number of carbonyl (C=O) groups is 1. The fraction of sp³-hybridized carbons (Fsp3) is 0.458. The van der Waals surface area contributed by atoms with Crippen LogP contribution < -0.4 is 9.47 Å². The molecule has 0 aromatic heterocycles. The molecule has 0 bridgehead atoms. The summed E-state index contributed by atoms with van der Waals surface area (Å²) >= 11 is 0.